The number of likely N-dealkylation sites (tertiary alicyclic amines) is 2. The lowest BCUT2D eigenvalue weighted by Gasteiger charge is -2.40. The molecule has 2 heterocycles. The van der Waals surface area contributed by atoms with Gasteiger partial charge >= 0.3 is 18.3 Å². The normalized spacial score (nSPS) is 15.3. The number of carbonyl (C=O) groups is 7. The summed E-state index contributed by atoms with van der Waals surface area (Å²) in [4.78, 5) is 94.1. The summed E-state index contributed by atoms with van der Waals surface area (Å²) in [7, 11) is 2.84. The molecule has 0 bridgehead atoms. The summed E-state index contributed by atoms with van der Waals surface area (Å²) in [5, 5.41) is 32.6. The van der Waals surface area contributed by atoms with E-state index in [4.69, 9.17) is 33.2 Å². The largest absolute Gasteiger partial charge is 0.493 e. The lowest BCUT2D eigenvalue weighted by atomic mass is 10.0. The molecule has 5 rings (SSSR count). The standard InChI is InChI=1S/C53H69N7O16/c1-8-21-74-51(67)56-40-27-44(42(70-6)25-38(40)49(65)59-19-17-36(59)29-61)72-23-11-10-12-24-73-45-28-41(39(26-43(45)71-7)50(66)60-20-18-37(60)30-62)57-52(68)76-31-34-13-15-35(16-14-34)55-47(63)33(5)54-48(64)46(32(3)4)58-53(69)75-22-9-2/h8-9,13-16,25-28,32-33,36-37,46,61-62H,1-2,10-12,17-24,29-31H2,3-7H3,(H,54,64)(H,55,63)(H,56,67)(H,57,68)(H,58,69)/t33-,36-,37-,46-/m0/s1. The highest BCUT2D eigenvalue weighted by molar-refractivity contribution is 6.05. The van der Waals surface area contributed by atoms with Crippen LogP contribution in [-0.4, -0.2) is 153 Å². The van der Waals surface area contributed by atoms with E-state index in [-0.39, 0.29) is 104 Å². The predicted octanol–water partition coefficient (Wildman–Crippen LogP) is 5.61. The summed E-state index contributed by atoms with van der Waals surface area (Å²) >= 11 is 0. The molecular formula is C53H69N7O16. The van der Waals surface area contributed by atoms with Crippen molar-refractivity contribution in [1.82, 2.24) is 20.4 Å². The first-order chi connectivity index (χ1) is 36.5. The molecule has 0 radical (unpaired) electrons. The van der Waals surface area contributed by atoms with Crippen molar-refractivity contribution in [2.24, 2.45) is 5.92 Å². The Bertz CT molecular complexity index is 2540. The number of aliphatic hydroxyl groups is 2. The van der Waals surface area contributed by atoms with Crippen LogP contribution in [0.2, 0.25) is 0 Å². The van der Waals surface area contributed by atoms with E-state index in [1.807, 2.05) is 0 Å². The second-order valence-electron chi connectivity index (χ2n) is 18.0. The van der Waals surface area contributed by atoms with Gasteiger partial charge in [-0.15, -0.1) is 0 Å². The van der Waals surface area contributed by atoms with E-state index in [2.05, 4.69) is 39.7 Å². The number of ether oxygens (including phenoxy) is 7. The lowest BCUT2D eigenvalue weighted by Crippen LogP contribution is -2.53. The Morgan fingerprint density at radius 1 is 0.632 bits per heavy atom. The molecular weight excluding hydrogens is 991 g/mol. The number of hydrogen-bond acceptors (Lipinski definition) is 16. The summed E-state index contributed by atoms with van der Waals surface area (Å²) in [6, 6.07) is 9.64. The van der Waals surface area contributed by atoms with Crippen LogP contribution in [0.3, 0.4) is 0 Å². The number of benzene rings is 3. The van der Waals surface area contributed by atoms with Gasteiger partial charge in [0.2, 0.25) is 11.8 Å². The first kappa shape index (κ1) is 58.8. The fourth-order valence-electron chi connectivity index (χ4n) is 7.79. The number of anilines is 3. The predicted molar refractivity (Wildman–Crippen MR) is 279 cm³/mol. The van der Waals surface area contributed by atoms with E-state index in [1.165, 1.54) is 67.4 Å². The fourth-order valence-corrected chi connectivity index (χ4v) is 7.79. The van der Waals surface area contributed by atoms with E-state index < -0.39 is 60.0 Å². The smallest absolute Gasteiger partial charge is 0.411 e. The van der Waals surface area contributed by atoms with Gasteiger partial charge in [-0.3, -0.25) is 29.8 Å². The number of aliphatic hydroxyl groups excluding tert-OH is 2. The Morgan fingerprint density at radius 2 is 1.12 bits per heavy atom. The molecule has 7 amide bonds. The van der Waals surface area contributed by atoms with Crippen molar-refractivity contribution in [1.29, 1.82) is 0 Å². The second-order valence-corrected chi connectivity index (χ2v) is 18.0. The summed E-state index contributed by atoms with van der Waals surface area (Å²) < 4.78 is 38.9. The topological polar surface area (TPSA) is 291 Å². The van der Waals surface area contributed by atoms with Crippen molar-refractivity contribution in [2.75, 3.05) is 82.9 Å². The number of rotatable bonds is 28. The second kappa shape index (κ2) is 29.1. The highest BCUT2D eigenvalue weighted by atomic mass is 16.6. The highest BCUT2D eigenvalue weighted by Gasteiger charge is 2.36. The first-order valence-corrected chi connectivity index (χ1v) is 24.8. The molecule has 7 N–H and O–H groups in total. The maximum Gasteiger partial charge on any atom is 0.411 e. The molecule has 2 fully saturated rings. The average Bonchev–Trinajstić information content (AvgIpc) is 3.37. The van der Waals surface area contributed by atoms with Gasteiger partial charge in [0.25, 0.3) is 11.8 Å². The van der Waals surface area contributed by atoms with Gasteiger partial charge in [-0.2, -0.15) is 0 Å². The van der Waals surface area contributed by atoms with Crippen molar-refractivity contribution in [2.45, 2.75) is 83.6 Å². The minimum absolute atomic E-state index is 0.0339. The van der Waals surface area contributed by atoms with Gasteiger partial charge in [0, 0.05) is 30.9 Å². The summed E-state index contributed by atoms with van der Waals surface area (Å²) in [6.07, 6.45) is 3.29. The van der Waals surface area contributed by atoms with Gasteiger partial charge in [-0.1, -0.05) is 51.3 Å². The van der Waals surface area contributed by atoms with Crippen molar-refractivity contribution in [3.05, 3.63) is 90.5 Å². The molecule has 4 atom stereocenters. The fraction of sp³-hybridized carbons (Fsp3) is 0.453. The molecule has 2 aliphatic rings. The minimum atomic E-state index is -0.976. The Balaban J connectivity index is 1.17. The van der Waals surface area contributed by atoms with E-state index in [0.29, 0.717) is 56.4 Å². The van der Waals surface area contributed by atoms with Gasteiger partial charge in [0.05, 0.1) is 75.2 Å². The molecule has 23 heteroatoms. The molecule has 76 heavy (non-hydrogen) atoms. The molecule has 0 saturated carbocycles. The summed E-state index contributed by atoms with van der Waals surface area (Å²) in [5.41, 5.74) is 1.38. The number of nitrogens with one attached hydrogen (secondary N) is 5. The number of methoxy groups -OCH3 is 2. The van der Waals surface area contributed by atoms with Crippen LogP contribution < -0.4 is 45.5 Å². The van der Waals surface area contributed by atoms with Gasteiger partial charge in [-0.25, -0.2) is 14.4 Å². The maximum absolute atomic E-state index is 13.8. The van der Waals surface area contributed by atoms with Crippen LogP contribution >= 0.6 is 0 Å². The molecule has 23 nitrogen and oxygen atoms in total. The van der Waals surface area contributed by atoms with Gasteiger partial charge < -0.3 is 69.1 Å². The zero-order chi connectivity index (χ0) is 55.3. The van der Waals surface area contributed by atoms with Crippen molar-refractivity contribution in [3.8, 4) is 23.0 Å². The average molecular weight is 1060 g/mol. The van der Waals surface area contributed by atoms with Crippen LogP contribution in [0, 0.1) is 5.92 Å². The molecule has 3 aromatic rings. The zero-order valence-corrected chi connectivity index (χ0v) is 43.5. The number of carbonyl (C=O) groups excluding carboxylic acids is 7. The summed E-state index contributed by atoms with van der Waals surface area (Å²) in [6.45, 7) is 12.6. The van der Waals surface area contributed by atoms with Gasteiger partial charge in [0.15, 0.2) is 23.0 Å². The highest BCUT2D eigenvalue weighted by Crippen LogP contribution is 2.38. The molecule has 412 valence electrons. The quantitative estimate of drug-likeness (QED) is 0.0264. The minimum Gasteiger partial charge on any atom is -0.493 e. The molecule has 3 aromatic carbocycles. The third-order valence-corrected chi connectivity index (χ3v) is 12.3. The van der Waals surface area contributed by atoms with Crippen molar-refractivity contribution >= 4 is 59.0 Å². The van der Waals surface area contributed by atoms with E-state index in [1.54, 1.807) is 38.1 Å². The van der Waals surface area contributed by atoms with Crippen LogP contribution in [0.15, 0.2) is 73.8 Å². The zero-order valence-electron chi connectivity index (χ0n) is 43.5. The van der Waals surface area contributed by atoms with Crippen LogP contribution in [-0.2, 0) is 30.4 Å². The van der Waals surface area contributed by atoms with Crippen LogP contribution in [0.1, 0.15) is 79.2 Å². The third kappa shape index (κ3) is 16.2. The number of nitrogens with zero attached hydrogens (tertiary/aromatic N) is 2. The Morgan fingerprint density at radius 3 is 1.55 bits per heavy atom. The van der Waals surface area contributed by atoms with E-state index in [9.17, 15) is 43.8 Å². The van der Waals surface area contributed by atoms with Crippen molar-refractivity contribution in [3.63, 3.8) is 0 Å². The van der Waals surface area contributed by atoms with Gasteiger partial charge in [0.1, 0.15) is 31.9 Å². The Hall–Kier alpha value is -8.05. The molecule has 0 aliphatic carbocycles. The third-order valence-electron chi connectivity index (χ3n) is 12.3. The number of amides is 7. The lowest BCUT2D eigenvalue weighted by molar-refractivity contribution is -0.128. The molecule has 0 spiro atoms. The Kier molecular flexibility index (Phi) is 22.6. The van der Waals surface area contributed by atoms with Crippen LogP contribution in [0.5, 0.6) is 23.0 Å². The number of hydrogen-bond donors (Lipinski definition) is 7. The molecule has 2 saturated heterocycles. The summed E-state index contributed by atoms with van der Waals surface area (Å²) in [5.74, 6) is -1.28. The van der Waals surface area contributed by atoms with Crippen LogP contribution in [0.4, 0.5) is 31.4 Å². The SMILES string of the molecule is C=CCOC(=O)Nc1cc(OCCCCCOc2cc(NC(=O)OCc3ccc(NC(=O)[C@H](C)NC(=O)[C@@H](NC(=O)OCC=C)C(C)C)cc3)c(C(=O)N3CC[C@H]3CO)cc2OC)c(OC)cc1C(=O)N1CC[C@H]1CO. The molecule has 0 aromatic heterocycles. The molecule has 0 unspecified atom stereocenters. The maximum atomic E-state index is 13.8. The number of unbranched alkanes of at least 4 members (excludes halogenated alkanes) is 2. The Labute approximate surface area is 441 Å². The first-order valence-electron chi connectivity index (χ1n) is 24.8. The van der Waals surface area contributed by atoms with Crippen LogP contribution in [0.25, 0.3) is 0 Å². The van der Waals surface area contributed by atoms with E-state index in [0.717, 1.165) is 0 Å². The van der Waals surface area contributed by atoms with Gasteiger partial charge in [-0.05, 0) is 74.8 Å². The number of alkyl carbamates (subject to hydrolysis) is 1. The monoisotopic (exact) mass is 1060 g/mol. The van der Waals surface area contributed by atoms with Crippen molar-refractivity contribution < 1.29 is 76.9 Å². The molecule has 2 aliphatic heterocycles. The van der Waals surface area contributed by atoms with E-state index >= 15 is 0 Å².